The number of ether oxygens (including phenoxy) is 2. The molecule has 0 aliphatic carbocycles. The van der Waals surface area contributed by atoms with E-state index in [-0.39, 0.29) is 16.6 Å². The summed E-state index contributed by atoms with van der Waals surface area (Å²) in [5.41, 5.74) is 0.750. The van der Waals surface area contributed by atoms with Crippen LogP contribution in [0.4, 0.5) is 0 Å². The second-order valence-corrected chi connectivity index (χ2v) is 7.57. The zero-order chi connectivity index (χ0) is 18.1. The second-order valence-electron chi connectivity index (χ2n) is 6.19. The second kappa shape index (κ2) is 7.21. The summed E-state index contributed by atoms with van der Waals surface area (Å²) in [4.78, 5) is 27.7. The van der Waals surface area contributed by atoms with Gasteiger partial charge in [-0.25, -0.2) is 0 Å². The molecule has 1 aromatic rings. The molecule has 24 heavy (non-hydrogen) atoms. The molecule has 2 amide bonds. The van der Waals surface area contributed by atoms with Crippen LogP contribution in [0.3, 0.4) is 0 Å². The van der Waals surface area contributed by atoms with Gasteiger partial charge in [-0.3, -0.25) is 9.59 Å². The molecule has 1 aliphatic rings. The number of alkyl halides is 1. The average molecular weight is 399 g/mol. The molecule has 0 bridgehead atoms. The quantitative estimate of drug-likeness (QED) is 0.722. The highest BCUT2D eigenvalue weighted by molar-refractivity contribution is 9.09. The van der Waals surface area contributed by atoms with Crippen molar-refractivity contribution in [1.82, 2.24) is 9.80 Å². The Morgan fingerprint density at radius 2 is 1.42 bits per heavy atom. The lowest BCUT2D eigenvalue weighted by atomic mass is 10.0. The van der Waals surface area contributed by atoms with Crippen molar-refractivity contribution in [3.05, 3.63) is 35.9 Å². The predicted molar refractivity (Wildman–Crippen MR) is 93.6 cm³/mol. The summed E-state index contributed by atoms with van der Waals surface area (Å²) >= 11 is 3.52. The molecule has 0 radical (unpaired) electrons. The Morgan fingerprint density at radius 1 is 1.00 bits per heavy atom. The monoisotopic (exact) mass is 398 g/mol. The number of likely N-dealkylation sites (N-methyl/N-ethyl adjacent to an activating group) is 2. The molecule has 6 nitrogen and oxygen atoms in total. The SMILES string of the molecule is C[C@H](Br)C1(c2ccccc2)O[C@@H](C(=O)N(C)C)[C@H](C(=O)N(C)C)O1. The highest BCUT2D eigenvalue weighted by atomic mass is 79.9. The number of nitrogens with zero attached hydrogens (tertiary/aromatic N) is 2. The smallest absolute Gasteiger partial charge is 0.254 e. The molecule has 0 aromatic heterocycles. The summed E-state index contributed by atoms with van der Waals surface area (Å²) in [6.07, 6.45) is -2.01. The van der Waals surface area contributed by atoms with E-state index >= 15 is 0 Å². The van der Waals surface area contributed by atoms with E-state index in [2.05, 4.69) is 15.9 Å². The molecule has 2 rings (SSSR count). The predicted octanol–water partition coefficient (Wildman–Crippen LogP) is 1.58. The van der Waals surface area contributed by atoms with Crippen molar-refractivity contribution >= 4 is 27.7 Å². The number of amides is 2. The minimum Gasteiger partial charge on any atom is -0.346 e. The number of carbonyl (C=O) groups excluding carboxylic acids is 2. The van der Waals surface area contributed by atoms with Gasteiger partial charge in [0.15, 0.2) is 12.2 Å². The fraction of sp³-hybridized carbons (Fsp3) is 0.529. The summed E-state index contributed by atoms with van der Waals surface area (Å²) in [7, 11) is 6.51. The highest BCUT2D eigenvalue weighted by Gasteiger charge is 2.57. The Labute approximate surface area is 150 Å². The van der Waals surface area contributed by atoms with Gasteiger partial charge in [-0.1, -0.05) is 46.3 Å². The van der Waals surface area contributed by atoms with Gasteiger partial charge in [0.25, 0.3) is 11.8 Å². The maximum atomic E-state index is 12.6. The van der Waals surface area contributed by atoms with Crippen molar-refractivity contribution in [3.8, 4) is 0 Å². The zero-order valence-corrected chi connectivity index (χ0v) is 16.1. The highest BCUT2D eigenvalue weighted by Crippen LogP contribution is 2.44. The van der Waals surface area contributed by atoms with Crippen LogP contribution < -0.4 is 0 Å². The van der Waals surface area contributed by atoms with Gasteiger partial charge < -0.3 is 19.3 Å². The molecule has 132 valence electrons. The third kappa shape index (κ3) is 3.34. The number of rotatable bonds is 4. The lowest BCUT2D eigenvalue weighted by molar-refractivity contribution is -0.187. The normalized spacial score (nSPS) is 23.6. The Balaban J connectivity index is 2.49. The van der Waals surface area contributed by atoms with Crippen LogP contribution in [0.25, 0.3) is 0 Å². The molecule has 1 saturated heterocycles. The van der Waals surface area contributed by atoms with Crippen LogP contribution >= 0.6 is 15.9 Å². The average Bonchev–Trinajstić information content (AvgIpc) is 2.95. The summed E-state index contributed by atoms with van der Waals surface area (Å²) in [6.45, 7) is 1.87. The fourth-order valence-electron chi connectivity index (χ4n) is 2.62. The molecular formula is C17H23BrN2O4. The molecule has 3 atom stereocenters. The van der Waals surface area contributed by atoms with E-state index in [1.165, 1.54) is 9.80 Å². The first-order chi connectivity index (χ1) is 11.2. The van der Waals surface area contributed by atoms with E-state index in [0.29, 0.717) is 0 Å². The number of hydrogen-bond acceptors (Lipinski definition) is 4. The van der Waals surface area contributed by atoms with Gasteiger partial charge in [0.1, 0.15) is 0 Å². The number of benzene rings is 1. The van der Waals surface area contributed by atoms with Crippen LogP contribution in [0.5, 0.6) is 0 Å². The maximum absolute atomic E-state index is 12.6. The molecule has 0 spiro atoms. The first-order valence-corrected chi connectivity index (χ1v) is 8.60. The first kappa shape index (κ1) is 18.9. The first-order valence-electron chi connectivity index (χ1n) is 7.68. The standard InChI is InChI=1S/C17H23BrN2O4/c1-11(18)17(12-9-7-6-8-10-12)23-13(15(21)19(2)3)14(24-17)16(22)20(4)5/h6-11,13-14H,1-5H3/t11-,13+,14+/m0/s1. The maximum Gasteiger partial charge on any atom is 0.254 e. The molecule has 1 heterocycles. The van der Waals surface area contributed by atoms with Crippen molar-refractivity contribution in [2.75, 3.05) is 28.2 Å². The summed E-state index contributed by atoms with van der Waals surface area (Å²) in [5, 5.41) is 0. The van der Waals surface area contributed by atoms with Crippen LogP contribution in [0.2, 0.25) is 0 Å². The third-order valence-corrected chi connectivity index (χ3v) is 4.55. The number of halogens is 1. The van der Waals surface area contributed by atoms with Crippen LogP contribution in [0.1, 0.15) is 12.5 Å². The molecule has 1 aromatic carbocycles. The van der Waals surface area contributed by atoms with Crippen molar-refractivity contribution < 1.29 is 19.1 Å². The minimum atomic E-state index is -1.21. The van der Waals surface area contributed by atoms with Crippen LogP contribution in [0.15, 0.2) is 30.3 Å². The molecule has 1 aliphatic heterocycles. The summed E-state index contributed by atoms with van der Waals surface area (Å²) in [6, 6.07) is 9.33. The zero-order valence-electron chi connectivity index (χ0n) is 14.5. The van der Waals surface area contributed by atoms with Gasteiger partial charge in [0.05, 0.1) is 4.83 Å². The molecule has 0 saturated carbocycles. The van der Waals surface area contributed by atoms with Crippen LogP contribution in [0, 0.1) is 0 Å². The van der Waals surface area contributed by atoms with Gasteiger partial charge in [0.2, 0.25) is 5.79 Å². The Bertz CT molecular complexity index is 576. The molecular weight excluding hydrogens is 376 g/mol. The number of carbonyl (C=O) groups is 2. The Hall–Kier alpha value is -1.44. The van der Waals surface area contributed by atoms with E-state index in [1.54, 1.807) is 28.2 Å². The molecule has 0 unspecified atom stereocenters. The van der Waals surface area contributed by atoms with E-state index < -0.39 is 18.0 Å². The van der Waals surface area contributed by atoms with Crippen molar-refractivity contribution in [2.45, 2.75) is 29.7 Å². The minimum absolute atomic E-state index is 0.273. The van der Waals surface area contributed by atoms with Gasteiger partial charge in [-0.15, -0.1) is 0 Å². The van der Waals surface area contributed by atoms with Crippen LogP contribution in [-0.2, 0) is 24.8 Å². The van der Waals surface area contributed by atoms with E-state index in [1.807, 2.05) is 37.3 Å². The van der Waals surface area contributed by atoms with Crippen molar-refractivity contribution in [2.24, 2.45) is 0 Å². The van der Waals surface area contributed by atoms with E-state index in [9.17, 15) is 9.59 Å². The largest absolute Gasteiger partial charge is 0.346 e. The lowest BCUT2D eigenvalue weighted by Gasteiger charge is -2.31. The fourth-order valence-corrected chi connectivity index (χ4v) is 3.10. The molecule has 1 fully saturated rings. The third-order valence-electron chi connectivity index (χ3n) is 3.95. The summed E-state index contributed by atoms with van der Waals surface area (Å²) < 4.78 is 12.2. The van der Waals surface area contributed by atoms with Gasteiger partial charge in [0, 0.05) is 33.8 Å². The van der Waals surface area contributed by atoms with Crippen molar-refractivity contribution in [1.29, 1.82) is 0 Å². The van der Waals surface area contributed by atoms with Gasteiger partial charge >= 0.3 is 0 Å². The molecule has 7 heteroatoms. The van der Waals surface area contributed by atoms with E-state index in [4.69, 9.17) is 9.47 Å². The van der Waals surface area contributed by atoms with Gasteiger partial charge in [-0.05, 0) is 6.92 Å². The summed E-state index contributed by atoms with van der Waals surface area (Å²) in [5.74, 6) is -1.82. The topological polar surface area (TPSA) is 59.1 Å². The van der Waals surface area contributed by atoms with E-state index in [0.717, 1.165) is 5.56 Å². The van der Waals surface area contributed by atoms with Crippen molar-refractivity contribution in [3.63, 3.8) is 0 Å². The van der Waals surface area contributed by atoms with Crippen LogP contribution in [-0.4, -0.2) is 66.8 Å². The molecule has 0 N–H and O–H groups in total. The van der Waals surface area contributed by atoms with Gasteiger partial charge in [-0.2, -0.15) is 0 Å². The number of hydrogen-bond donors (Lipinski definition) is 0. The lowest BCUT2D eigenvalue weighted by Crippen LogP contribution is -2.47. The Kier molecular flexibility index (Phi) is 5.67. The Morgan fingerprint density at radius 3 is 1.75 bits per heavy atom.